The standard InChI is InChI=1S/C17H22N4O5/c1-10-15(6-14(7-18-10)21(25)26)17(24)19-12-4-13(5-12)20(9-16(22)23)8-11-2-3-11/h6-7,11-13H,2-5,8-9H2,1H3,(H,19,24)(H,22,23). The minimum Gasteiger partial charge on any atom is -0.480 e. The van der Waals surface area contributed by atoms with E-state index >= 15 is 0 Å². The summed E-state index contributed by atoms with van der Waals surface area (Å²) in [7, 11) is 0. The van der Waals surface area contributed by atoms with Crippen LogP contribution in [0.3, 0.4) is 0 Å². The van der Waals surface area contributed by atoms with Gasteiger partial charge in [0.2, 0.25) is 0 Å². The number of carboxylic acids is 1. The molecule has 26 heavy (non-hydrogen) atoms. The number of carboxylic acid groups (broad SMARTS) is 1. The molecule has 140 valence electrons. The van der Waals surface area contributed by atoms with Crippen LogP contribution >= 0.6 is 0 Å². The van der Waals surface area contributed by atoms with Crippen molar-refractivity contribution in [3.8, 4) is 0 Å². The van der Waals surface area contributed by atoms with E-state index in [1.165, 1.54) is 6.07 Å². The number of nitro groups is 1. The largest absolute Gasteiger partial charge is 0.480 e. The summed E-state index contributed by atoms with van der Waals surface area (Å²) in [5.74, 6) is -0.618. The van der Waals surface area contributed by atoms with Crippen LogP contribution < -0.4 is 5.32 Å². The Morgan fingerprint density at radius 2 is 2.12 bits per heavy atom. The average Bonchev–Trinajstić information content (AvgIpc) is 3.33. The Bertz CT molecular complexity index is 728. The molecule has 9 nitrogen and oxygen atoms in total. The van der Waals surface area contributed by atoms with Gasteiger partial charge in [-0.2, -0.15) is 0 Å². The predicted octanol–water partition coefficient (Wildman–Crippen LogP) is 1.36. The highest BCUT2D eigenvalue weighted by Crippen LogP contribution is 2.33. The van der Waals surface area contributed by atoms with Crippen LogP contribution in [0.5, 0.6) is 0 Å². The van der Waals surface area contributed by atoms with Gasteiger partial charge in [0, 0.05) is 24.7 Å². The first-order chi connectivity index (χ1) is 12.3. The maximum Gasteiger partial charge on any atom is 0.317 e. The molecule has 0 aromatic carbocycles. The quantitative estimate of drug-likeness (QED) is 0.528. The molecule has 2 saturated carbocycles. The summed E-state index contributed by atoms with van der Waals surface area (Å²) in [6.07, 6.45) is 4.82. The predicted molar refractivity (Wildman–Crippen MR) is 91.8 cm³/mol. The molecule has 1 aromatic heterocycles. The lowest BCUT2D eigenvalue weighted by atomic mass is 9.85. The second kappa shape index (κ2) is 7.36. The molecule has 0 bridgehead atoms. The molecular formula is C17H22N4O5. The third kappa shape index (κ3) is 4.34. The number of hydrogen-bond donors (Lipinski definition) is 2. The van der Waals surface area contributed by atoms with Gasteiger partial charge in [-0.1, -0.05) is 0 Å². The number of pyridine rings is 1. The van der Waals surface area contributed by atoms with Crippen LogP contribution in [-0.2, 0) is 4.79 Å². The van der Waals surface area contributed by atoms with Crippen LogP contribution in [0, 0.1) is 23.0 Å². The molecule has 0 atom stereocenters. The number of rotatable bonds is 8. The molecule has 0 radical (unpaired) electrons. The van der Waals surface area contributed by atoms with E-state index in [1.54, 1.807) is 6.92 Å². The fourth-order valence-electron chi connectivity index (χ4n) is 3.27. The van der Waals surface area contributed by atoms with Crippen LogP contribution in [-0.4, -0.2) is 57.0 Å². The SMILES string of the molecule is Cc1ncc([N+](=O)[O-])cc1C(=O)NC1CC(N(CC(=O)O)CC2CC2)C1. The molecule has 0 aliphatic heterocycles. The Morgan fingerprint density at radius 3 is 2.69 bits per heavy atom. The van der Waals surface area contributed by atoms with Crippen molar-refractivity contribution in [2.75, 3.05) is 13.1 Å². The number of nitrogens with one attached hydrogen (secondary N) is 1. The van der Waals surface area contributed by atoms with Gasteiger partial charge in [0.25, 0.3) is 11.6 Å². The van der Waals surface area contributed by atoms with E-state index < -0.39 is 10.9 Å². The summed E-state index contributed by atoms with van der Waals surface area (Å²) in [6.45, 7) is 2.45. The zero-order chi connectivity index (χ0) is 18.8. The molecule has 1 amide bonds. The van der Waals surface area contributed by atoms with Gasteiger partial charge in [0.15, 0.2) is 0 Å². The number of aliphatic carboxylic acids is 1. The van der Waals surface area contributed by atoms with Crippen LogP contribution in [0.1, 0.15) is 41.7 Å². The number of amides is 1. The molecule has 1 heterocycles. The maximum atomic E-state index is 12.4. The van der Waals surface area contributed by atoms with Crippen molar-refractivity contribution >= 4 is 17.6 Å². The Labute approximate surface area is 150 Å². The molecule has 0 saturated heterocycles. The summed E-state index contributed by atoms with van der Waals surface area (Å²) in [5, 5.41) is 22.8. The zero-order valence-corrected chi connectivity index (χ0v) is 14.6. The van der Waals surface area contributed by atoms with Gasteiger partial charge in [-0.3, -0.25) is 29.6 Å². The van der Waals surface area contributed by atoms with Crippen LogP contribution in [0.15, 0.2) is 12.3 Å². The topological polar surface area (TPSA) is 126 Å². The van der Waals surface area contributed by atoms with E-state index in [1.807, 2.05) is 4.90 Å². The van der Waals surface area contributed by atoms with Gasteiger partial charge in [-0.05, 0) is 38.5 Å². The zero-order valence-electron chi connectivity index (χ0n) is 14.6. The highest BCUT2D eigenvalue weighted by molar-refractivity contribution is 5.96. The van der Waals surface area contributed by atoms with E-state index in [-0.39, 0.29) is 35.8 Å². The number of carbonyl (C=O) groups excluding carboxylic acids is 1. The number of aryl methyl sites for hydroxylation is 1. The summed E-state index contributed by atoms with van der Waals surface area (Å²) < 4.78 is 0. The second-order valence-corrected chi connectivity index (χ2v) is 7.15. The maximum absolute atomic E-state index is 12.4. The Balaban J connectivity index is 1.56. The van der Waals surface area contributed by atoms with Crippen LogP contribution in [0.4, 0.5) is 5.69 Å². The third-order valence-electron chi connectivity index (χ3n) is 5.02. The lowest BCUT2D eigenvalue weighted by Crippen LogP contribution is -2.55. The van der Waals surface area contributed by atoms with Crippen molar-refractivity contribution in [1.82, 2.24) is 15.2 Å². The number of carbonyl (C=O) groups is 2. The Kier molecular flexibility index (Phi) is 5.17. The fourth-order valence-corrected chi connectivity index (χ4v) is 3.27. The summed E-state index contributed by atoms with van der Waals surface area (Å²) in [4.78, 5) is 39.6. The van der Waals surface area contributed by atoms with Crippen molar-refractivity contribution in [2.24, 2.45) is 5.92 Å². The minimum absolute atomic E-state index is 0.0236. The van der Waals surface area contributed by atoms with Crippen molar-refractivity contribution in [3.63, 3.8) is 0 Å². The van der Waals surface area contributed by atoms with Gasteiger partial charge in [-0.25, -0.2) is 0 Å². The van der Waals surface area contributed by atoms with E-state index in [0.717, 1.165) is 25.6 Å². The molecule has 2 N–H and O–H groups in total. The Morgan fingerprint density at radius 1 is 1.42 bits per heavy atom. The van der Waals surface area contributed by atoms with Gasteiger partial charge in [-0.15, -0.1) is 0 Å². The number of hydrogen-bond acceptors (Lipinski definition) is 6. The summed E-state index contributed by atoms with van der Waals surface area (Å²) in [6, 6.07) is 1.33. The fraction of sp³-hybridized carbons (Fsp3) is 0.588. The van der Waals surface area contributed by atoms with Crippen molar-refractivity contribution < 1.29 is 19.6 Å². The first-order valence-corrected chi connectivity index (χ1v) is 8.71. The van der Waals surface area contributed by atoms with Gasteiger partial charge in [0.05, 0.1) is 22.7 Å². The second-order valence-electron chi connectivity index (χ2n) is 7.15. The molecule has 2 fully saturated rings. The van der Waals surface area contributed by atoms with Crippen LogP contribution in [0.2, 0.25) is 0 Å². The van der Waals surface area contributed by atoms with Crippen molar-refractivity contribution in [3.05, 3.63) is 33.6 Å². The van der Waals surface area contributed by atoms with E-state index in [9.17, 15) is 19.7 Å². The average molecular weight is 362 g/mol. The molecule has 9 heteroatoms. The highest BCUT2D eigenvalue weighted by atomic mass is 16.6. The molecule has 2 aliphatic carbocycles. The first-order valence-electron chi connectivity index (χ1n) is 8.71. The van der Waals surface area contributed by atoms with E-state index in [4.69, 9.17) is 5.11 Å². The third-order valence-corrected chi connectivity index (χ3v) is 5.02. The number of nitrogens with zero attached hydrogens (tertiary/aromatic N) is 3. The van der Waals surface area contributed by atoms with E-state index in [0.29, 0.717) is 24.5 Å². The summed E-state index contributed by atoms with van der Waals surface area (Å²) >= 11 is 0. The number of aromatic nitrogens is 1. The van der Waals surface area contributed by atoms with Crippen LogP contribution in [0.25, 0.3) is 0 Å². The van der Waals surface area contributed by atoms with Crippen molar-refractivity contribution in [1.29, 1.82) is 0 Å². The lowest BCUT2D eigenvalue weighted by molar-refractivity contribution is -0.385. The van der Waals surface area contributed by atoms with E-state index in [2.05, 4.69) is 10.3 Å². The van der Waals surface area contributed by atoms with Gasteiger partial charge >= 0.3 is 5.97 Å². The molecule has 2 aliphatic rings. The normalized spacial score (nSPS) is 21.9. The monoisotopic (exact) mass is 362 g/mol. The van der Waals surface area contributed by atoms with Gasteiger partial charge in [0.1, 0.15) is 6.20 Å². The smallest absolute Gasteiger partial charge is 0.317 e. The first kappa shape index (κ1) is 18.2. The molecule has 3 rings (SSSR count). The highest BCUT2D eigenvalue weighted by Gasteiger charge is 2.38. The van der Waals surface area contributed by atoms with Gasteiger partial charge < -0.3 is 10.4 Å². The molecule has 1 aromatic rings. The molecule has 0 spiro atoms. The van der Waals surface area contributed by atoms with Crippen molar-refractivity contribution in [2.45, 2.75) is 44.7 Å². The minimum atomic E-state index is -0.837. The Hall–Kier alpha value is -2.55. The summed E-state index contributed by atoms with van der Waals surface area (Å²) in [5.41, 5.74) is 0.414. The lowest BCUT2D eigenvalue weighted by Gasteiger charge is -2.42. The molecule has 0 unspecified atom stereocenters. The molecular weight excluding hydrogens is 340 g/mol.